The minimum atomic E-state index is 0.240. The molecule has 0 amide bonds. The molecule has 0 radical (unpaired) electrons. The lowest BCUT2D eigenvalue weighted by Gasteiger charge is -2.35. The SMILES string of the molecule is OCCN1CCN(c2ccc3c(c2)OCO3)CC1. The molecule has 0 atom stereocenters. The number of rotatable bonds is 3. The Morgan fingerprint density at radius 2 is 1.83 bits per heavy atom. The summed E-state index contributed by atoms with van der Waals surface area (Å²) in [5.74, 6) is 1.67. The number of hydrogen-bond acceptors (Lipinski definition) is 5. The Morgan fingerprint density at radius 1 is 1.06 bits per heavy atom. The van der Waals surface area contributed by atoms with E-state index < -0.39 is 0 Å². The van der Waals surface area contributed by atoms with Crippen molar-refractivity contribution in [1.29, 1.82) is 0 Å². The van der Waals surface area contributed by atoms with Gasteiger partial charge in [-0.1, -0.05) is 0 Å². The minimum absolute atomic E-state index is 0.240. The molecule has 0 unspecified atom stereocenters. The average Bonchev–Trinajstić information content (AvgIpc) is 2.87. The van der Waals surface area contributed by atoms with Crippen molar-refractivity contribution in [2.24, 2.45) is 0 Å². The highest BCUT2D eigenvalue weighted by atomic mass is 16.7. The van der Waals surface area contributed by atoms with Gasteiger partial charge in [0.05, 0.1) is 6.61 Å². The first-order chi connectivity index (χ1) is 8.86. The first kappa shape index (κ1) is 11.6. The van der Waals surface area contributed by atoms with Gasteiger partial charge in [0, 0.05) is 44.5 Å². The van der Waals surface area contributed by atoms with Gasteiger partial charge in [0.15, 0.2) is 11.5 Å². The van der Waals surface area contributed by atoms with Gasteiger partial charge in [0.1, 0.15) is 0 Å². The van der Waals surface area contributed by atoms with Crippen LogP contribution in [0.1, 0.15) is 0 Å². The van der Waals surface area contributed by atoms with E-state index >= 15 is 0 Å². The predicted octanol–water partition coefficient (Wildman–Crippen LogP) is 0.530. The Hall–Kier alpha value is -1.46. The van der Waals surface area contributed by atoms with Crippen molar-refractivity contribution < 1.29 is 14.6 Å². The van der Waals surface area contributed by atoms with Crippen molar-refractivity contribution >= 4 is 5.69 Å². The first-order valence-corrected chi connectivity index (χ1v) is 6.34. The second-order valence-electron chi connectivity index (χ2n) is 4.59. The van der Waals surface area contributed by atoms with E-state index in [2.05, 4.69) is 15.9 Å². The molecule has 2 aliphatic rings. The summed E-state index contributed by atoms with van der Waals surface area (Å²) in [7, 11) is 0. The standard InChI is InChI=1S/C13H18N2O3/c16-8-7-14-3-5-15(6-4-14)11-1-2-12-13(9-11)18-10-17-12/h1-2,9,16H,3-8,10H2. The van der Waals surface area contributed by atoms with E-state index in [-0.39, 0.29) is 6.61 Å². The monoisotopic (exact) mass is 250 g/mol. The number of aliphatic hydroxyl groups excluding tert-OH is 1. The number of benzene rings is 1. The number of β-amino-alcohol motifs (C(OH)–C–C–N with tert-alkyl or cyclic N) is 1. The normalized spacial score (nSPS) is 19.3. The van der Waals surface area contributed by atoms with E-state index in [1.807, 2.05) is 12.1 Å². The quantitative estimate of drug-likeness (QED) is 0.848. The van der Waals surface area contributed by atoms with Gasteiger partial charge in [-0.05, 0) is 12.1 Å². The maximum absolute atomic E-state index is 8.92. The molecule has 98 valence electrons. The van der Waals surface area contributed by atoms with Crippen LogP contribution in [0, 0.1) is 0 Å². The zero-order valence-corrected chi connectivity index (χ0v) is 10.3. The lowest BCUT2D eigenvalue weighted by Crippen LogP contribution is -2.47. The van der Waals surface area contributed by atoms with Crippen LogP contribution in [0.15, 0.2) is 18.2 Å². The molecular weight excluding hydrogens is 232 g/mol. The van der Waals surface area contributed by atoms with Crippen molar-refractivity contribution in [3.05, 3.63) is 18.2 Å². The molecule has 1 fully saturated rings. The van der Waals surface area contributed by atoms with Crippen LogP contribution in [0.4, 0.5) is 5.69 Å². The molecule has 5 heteroatoms. The molecule has 2 aliphatic heterocycles. The van der Waals surface area contributed by atoms with Gasteiger partial charge in [-0.15, -0.1) is 0 Å². The molecule has 1 aromatic rings. The second kappa shape index (κ2) is 5.04. The Morgan fingerprint density at radius 3 is 2.61 bits per heavy atom. The van der Waals surface area contributed by atoms with Crippen LogP contribution in [-0.2, 0) is 0 Å². The summed E-state index contributed by atoms with van der Waals surface area (Å²) in [4.78, 5) is 4.62. The van der Waals surface area contributed by atoms with Crippen molar-refractivity contribution in [1.82, 2.24) is 4.90 Å². The molecule has 1 aromatic carbocycles. The van der Waals surface area contributed by atoms with Gasteiger partial charge in [0.25, 0.3) is 0 Å². The second-order valence-corrected chi connectivity index (χ2v) is 4.59. The number of anilines is 1. The lowest BCUT2D eigenvalue weighted by atomic mass is 10.2. The number of aliphatic hydroxyl groups is 1. The van der Waals surface area contributed by atoms with E-state index in [1.54, 1.807) is 0 Å². The van der Waals surface area contributed by atoms with Gasteiger partial charge < -0.3 is 19.5 Å². The van der Waals surface area contributed by atoms with Crippen molar-refractivity contribution in [3.8, 4) is 11.5 Å². The fraction of sp³-hybridized carbons (Fsp3) is 0.538. The number of nitrogens with zero attached hydrogens (tertiary/aromatic N) is 2. The van der Waals surface area contributed by atoms with E-state index in [4.69, 9.17) is 14.6 Å². The van der Waals surface area contributed by atoms with Crippen LogP contribution in [0.25, 0.3) is 0 Å². The molecular formula is C13H18N2O3. The van der Waals surface area contributed by atoms with Gasteiger partial charge >= 0.3 is 0 Å². The fourth-order valence-corrected chi connectivity index (χ4v) is 2.45. The van der Waals surface area contributed by atoms with Crippen LogP contribution in [0.5, 0.6) is 11.5 Å². The molecule has 5 nitrogen and oxygen atoms in total. The topological polar surface area (TPSA) is 45.2 Å². The molecule has 18 heavy (non-hydrogen) atoms. The molecule has 1 saturated heterocycles. The third kappa shape index (κ3) is 2.23. The maximum atomic E-state index is 8.92. The summed E-state index contributed by atoms with van der Waals surface area (Å²) in [5, 5.41) is 8.92. The fourth-order valence-electron chi connectivity index (χ4n) is 2.45. The van der Waals surface area contributed by atoms with Crippen molar-refractivity contribution in [2.75, 3.05) is 51.0 Å². The predicted molar refractivity (Wildman–Crippen MR) is 68.3 cm³/mol. The molecule has 0 saturated carbocycles. The van der Waals surface area contributed by atoms with Crippen LogP contribution in [0.3, 0.4) is 0 Å². The molecule has 0 spiro atoms. The van der Waals surface area contributed by atoms with E-state index in [9.17, 15) is 0 Å². The molecule has 0 aliphatic carbocycles. The van der Waals surface area contributed by atoms with Crippen molar-refractivity contribution in [2.45, 2.75) is 0 Å². The zero-order valence-electron chi connectivity index (χ0n) is 10.3. The maximum Gasteiger partial charge on any atom is 0.231 e. The third-order valence-corrected chi connectivity index (χ3v) is 3.51. The highest BCUT2D eigenvalue weighted by Crippen LogP contribution is 2.35. The molecule has 0 bridgehead atoms. The number of hydrogen-bond donors (Lipinski definition) is 1. The number of ether oxygens (including phenoxy) is 2. The van der Waals surface area contributed by atoms with Crippen molar-refractivity contribution in [3.63, 3.8) is 0 Å². The molecule has 2 heterocycles. The number of fused-ring (bicyclic) bond motifs is 1. The van der Waals surface area contributed by atoms with Gasteiger partial charge in [0.2, 0.25) is 6.79 Å². The van der Waals surface area contributed by atoms with Crippen LogP contribution in [0.2, 0.25) is 0 Å². The molecule has 0 aromatic heterocycles. The van der Waals surface area contributed by atoms with Crippen LogP contribution < -0.4 is 14.4 Å². The summed E-state index contributed by atoms with van der Waals surface area (Å²) in [6, 6.07) is 6.09. The Labute approximate surface area is 107 Å². The average molecular weight is 250 g/mol. The Kier molecular flexibility index (Phi) is 3.25. The summed E-state index contributed by atoms with van der Waals surface area (Å²) >= 11 is 0. The van der Waals surface area contributed by atoms with E-state index in [0.717, 1.165) is 44.2 Å². The molecule has 3 rings (SSSR count). The van der Waals surface area contributed by atoms with Gasteiger partial charge in [-0.2, -0.15) is 0 Å². The summed E-state index contributed by atoms with van der Waals surface area (Å²) in [5.41, 5.74) is 1.18. The van der Waals surface area contributed by atoms with Crippen LogP contribution >= 0.6 is 0 Å². The first-order valence-electron chi connectivity index (χ1n) is 6.34. The van der Waals surface area contributed by atoms with Gasteiger partial charge in [-0.3, -0.25) is 4.90 Å². The lowest BCUT2D eigenvalue weighted by molar-refractivity contribution is 0.174. The smallest absolute Gasteiger partial charge is 0.231 e. The van der Waals surface area contributed by atoms with Crippen LogP contribution in [-0.4, -0.2) is 56.1 Å². The third-order valence-electron chi connectivity index (χ3n) is 3.51. The highest BCUT2D eigenvalue weighted by molar-refractivity contribution is 5.57. The van der Waals surface area contributed by atoms with E-state index in [1.165, 1.54) is 5.69 Å². The Bertz CT molecular complexity index is 417. The largest absolute Gasteiger partial charge is 0.454 e. The van der Waals surface area contributed by atoms with Gasteiger partial charge in [-0.25, -0.2) is 0 Å². The summed E-state index contributed by atoms with van der Waals surface area (Å²) in [6.07, 6.45) is 0. The molecule has 1 N–H and O–H groups in total. The summed E-state index contributed by atoms with van der Waals surface area (Å²) < 4.78 is 10.7. The van der Waals surface area contributed by atoms with E-state index in [0.29, 0.717) is 6.79 Å². The zero-order chi connectivity index (χ0) is 12.4. The highest BCUT2D eigenvalue weighted by Gasteiger charge is 2.19. The summed E-state index contributed by atoms with van der Waals surface area (Å²) in [6.45, 7) is 5.30. The Balaban J connectivity index is 1.66. The minimum Gasteiger partial charge on any atom is -0.454 e. The number of piperazine rings is 1.